The Balaban J connectivity index is 1.44. The molecule has 0 bridgehead atoms. The third-order valence-electron chi connectivity index (χ3n) is 4.42. The van der Waals surface area contributed by atoms with E-state index in [9.17, 15) is 0 Å². The topological polar surface area (TPSA) is 74.1 Å². The molecule has 118 valence electrons. The quantitative estimate of drug-likeness (QED) is 0.772. The number of nitrogen functional groups attached to an aromatic ring is 1. The fraction of sp³-hybridized carbons (Fsp3) is 0.294. The van der Waals surface area contributed by atoms with Crippen LogP contribution in [-0.2, 0) is 6.54 Å². The van der Waals surface area contributed by atoms with E-state index >= 15 is 0 Å². The molecule has 1 aromatic heterocycles. The fourth-order valence-corrected chi connectivity index (χ4v) is 3.18. The van der Waals surface area contributed by atoms with Crippen LogP contribution in [-0.4, -0.2) is 46.3 Å². The maximum atomic E-state index is 5.60. The first-order chi connectivity index (χ1) is 11.3. The molecule has 6 heteroatoms. The second-order valence-corrected chi connectivity index (χ2v) is 5.92. The molecule has 0 spiro atoms. The minimum absolute atomic E-state index is 0.373. The van der Waals surface area contributed by atoms with E-state index < -0.39 is 0 Å². The van der Waals surface area contributed by atoms with E-state index in [0.717, 1.165) is 32.7 Å². The van der Waals surface area contributed by atoms with Crippen molar-refractivity contribution in [3.05, 3.63) is 48.0 Å². The van der Waals surface area contributed by atoms with E-state index in [-0.39, 0.29) is 0 Å². The number of nitrogens with one attached hydrogen (secondary N) is 1. The van der Waals surface area contributed by atoms with Crippen molar-refractivity contribution in [2.75, 3.05) is 36.8 Å². The Bertz CT molecular complexity index is 798. The second kappa shape index (κ2) is 5.89. The van der Waals surface area contributed by atoms with Crippen LogP contribution in [0.3, 0.4) is 0 Å². The predicted octanol–water partition coefficient (Wildman–Crippen LogP) is 1.86. The van der Waals surface area contributed by atoms with Crippen molar-refractivity contribution in [1.82, 2.24) is 20.1 Å². The van der Waals surface area contributed by atoms with Gasteiger partial charge in [0, 0.05) is 32.7 Å². The number of nitrogens with zero attached hydrogens (tertiary/aromatic N) is 4. The van der Waals surface area contributed by atoms with Crippen LogP contribution < -0.4 is 10.6 Å². The maximum Gasteiger partial charge on any atom is 0.246 e. The Labute approximate surface area is 134 Å². The minimum atomic E-state index is 0.373. The Morgan fingerprint density at radius 1 is 1.00 bits per heavy atom. The number of H-pyrrole nitrogens is 1. The SMILES string of the molecule is Nc1nc(N2CCN(Cc3cccc4ccccc34)CC2)n[nH]1. The molecule has 3 N–H and O–H groups in total. The molecule has 23 heavy (non-hydrogen) atoms. The highest BCUT2D eigenvalue weighted by atomic mass is 15.4. The molecule has 4 rings (SSSR count). The molecular formula is C17H20N6. The summed E-state index contributed by atoms with van der Waals surface area (Å²) in [5, 5.41) is 9.49. The molecular weight excluding hydrogens is 288 g/mol. The maximum absolute atomic E-state index is 5.60. The summed E-state index contributed by atoms with van der Waals surface area (Å²) in [5.74, 6) is 1.07. The number of piperazine rings is 1. The molecule has 0 radical (unpaired) electrons. The first-order valence-electron chi connectivity index (χ1n) is 7.91. The van der Waals surface area contributed by atoms with Gasteiger partial charge in [0.05, 0.1) is 0 Å². The van der Waals surface area contributed by atoms with Gasteiger partial charge in [-0.25, -0.2) is 5.10 Å². The van der Waals surface area contributed by atoms with Crippen molar-refractivity contribution in [2.24, 2.45) is 0 Å². The minimum Gasteiger partial charge on any atom is -0.368 e. The first kappa shape index (κ1) is 14.0. The summed E-state index contributed by atoms with van der Waals surface area (Å²) in [6.07, 6.45) is 0. The molecule has 1 fully saturated rings. The normalized spacial score (nSPS) is 16.1. The number of hydrogen-bond acceptors (Lipinski definition) is 5. The third-order valence-corrected chi connectivity index (χ3v) is 4.42. The van der Waals surface area contributed by atoms with Gasteiger partial charge in [-0.1, -0.05) is 42.5 Å². The lowest BCUT2D eigenvalue weighted by atomic mass is 10.0. The first-order valence-corrected chi connectivity index (χ1v) is 7.91. The highest BCUT2D eigenvalue weighted by Crippen LogP contribution is 2.21. The Morgan fingerprint density at radius 2 is 1.78 bits per heavy atom. The molecule has 0 unspecified atom stereocenters. The van der Waals surface area contributed by atoms with E-state index in [0.29, 0.717) is 11.9 Å². The largest absolute Gasteiger partial charge is 0.368 e. The van der Waals surface area contributed by atoms with Crippen LogP contribution >= 0.6 is 0 Å². The molecule has 0 amide bonds. The average Bonchev–Trinajstić information content (AvgIpc) is 3.02. The van der Waals surface area contributed by atoms with Gasteiger partial charge in [-0.2, -0.15) is 4.98 Å². The molecule has 1 aliphatic heterocycles. The highest BCUT2D eigenvalue weighted by Gasteiger charge is 2.20. The summed E-state index contributed by atoms with van der Waals surface area (Å²) in [6.45, 7) is 4.81. The number of anilines is 2. The number of hydrogen-bond donors (Lipinski definition) is 2. The van der Waals surface area contributed by atoms with Gasteiger partial charge in [0.15, 0.2) is 0 Å². The van der Waals surface area contributed by atoms with Crippen LogP contribution in [0.5, 0.6) is 0 Å². The predicted molar refractivity (Wildman–Crippen MR) is 92.2 cm³/mol. The van der Waals surface area contributed by atoms with E-state index in [4.69, 9.17) is 5.73 Å². The van der Waals surface area contributed by atoms with E-state index in [2.05, 4.69) is 67.4 Å². The molecule has 3 aromatic rings. The van der Waals surface area contributed by atoms with Crippen molar-refractivity contribution >= 4 is 22.7 Å². The standard InChI is InChI=1S/C17H20N6/c18-16-19-17(21-20-16)23-10-8-22(9-11-23)12-14-6-3-5-13-4-1-2-7-15(13)14/h1-7H,8-12H2,(H3,18,19,20,21). The van der Waals surface area contributed by atoms with Crippen LogP contribution in [0.25, 0.3) is 10.8 Å². The lowest BCUT2D eigenvalue weighted by Gasteiger charge is -2.34. The Morgan fingerprint density at radius 3 is 2.57 bits per heavy atom. The second-order valence-electron chi connectivity index (χ2n) is 5.92. The smallest absolute Gasteiger partial charge is 0.246 e. The van der Waals surface area contributed by atoms with Gasteiger partial charge in [-0.15, -0.1) is 5.10 Å². The van der Waals surface area contributed by atoms with E-state index in [1.807, 2.05) is 0 Å². The number of benzene rings is 2. The van der Waals surface area contributed by atoms with Crippen molar-refractivity contribution in [3.63, 3.8) is 0 Å². The number of aromatic nitrogens is 3. The number of aromatic amines is 1. The van der Waals surface area contributed by atoms with Gasteiger partial charge in [0.2, 0.25) is 11.9 Å². The van der Waals surface area contributed by atoms with Gasteiger partial charge >= 0.3 is 0 Å². The van der Waals surface area contributed by atoms with Crippen molar-refractivity contribution < 1.29 is 0 Å². The van der Waals surface area contributed by atoms with Gasteiger partial charge in [0.1, 0.15) is 0 Å². The van der Waals surface area contributed by atoms with Gasteiger partial charge < -0.3 is 10.6 Å². The molecule has 1 saturated heterocycles. The molecule has 0 aliphatic carbocycles. The number of nitrogens with two attached hydrogens (primary N) is 1. The van der Waals surface area contributed by atoms with E-state index in [1.165, 1.54) is 16.3 Å². The van der Waals surface area contributed by atoms with Gasteiger partial charge in [0.25, 0.3) is 0 Å². The molecule has 6 nitrogen and oxygen atoms in total. The summed E-state index contributed by atoms with van der Waals surface area (Å²) in [7, 11) is 0. The third kappa shape index (κ3) is 2.85. The Hall–Kier alpha value is -2.60. The van der Waals surface area contributed by atoms with Gasteiger partial charge in [-0.3, -0.25) is 4.90 Å². The molecule has 0 atom stereocenters. The van der Waals surface area contributed by atoms with Crippen LogP contribution in [0.15, 0.2) is 42.5 Å². The lowest BCUT2D eigenvalue weighted by Crippen LogP contribution is -2.46. The summed E-state index contributed by atoms with van der Waals surface area (Å²) < 4.78 is 0. The number of fused-ring (bicyclic) bond motifs is 1. The Kier molecular flexibility index (Phi) is 3.59. The van der Waals surface area contributed by atoms with Crippen LogP contribution in [0.2, 0.25) is 0 Å². The van der Waals surface area contributed by atoms with Crippen molar-refractivity contribution in [1.29, 1.82) is 0 Å². The zero-order valence-electron chi connectivity index (χ0n) is 12.9. The van der Waals surface area contributed by atoms with E-state index in [1.54, 1.807) is 0 Å². The van der Waals surface area contributed by atoms with Crippen LogP contribution in [0, 0.1) is 0 Å². The highest BCUT2D eigenvalue weighted by molar-refractivity contribution is 5.85. The zero-order valence-corrected chi connectivity index (χ0v) is 12.9. The monoisotopic (exact) mass is 308 g/mol. The summed E-state index contributed by atoms with van der Waals surface area (Å²) in [4.78, 5) is 8.86. The van der Waals surface area contributed by atoms with Crippen LogP contribution in [0.1, 0.15) is 5.56 Å². The summed E-state index contributed by atoms with van der Waals surface area (Å²) >= 11 is 0. The number of rotatable bonds is 3. The summed E-state index contributed by atoms with van der Waals surface area (Å²) in [6, 6.07) is 15.1. The lowest BCUT2D eigenvalue weighted by molar-refractivity contribution is 0.249. The summed E-state index contributed by atoms with van der Waals surface area (Å²) in [5.41, 5.74) is 6.99. The molecule has 0 saturated carbocycles. The average molecular weight is 308 g/mol. The van der Waals surface area contributed by atoms with Gasteiger partial charge in [-0.05, 0) is 16.3 Å². The zero-order chi connectivity index (χ0) is 15.6. The van der Waals surface area contributed by atoms with Crippen molar-refractivity contribution in [3.8, 4) is 0 Å². The fourth-order valence-electron chi connectivity index (χ4n) is 3.18. The molecule has 2 aromatic carbocycles. The van der Waals surface area contributed by atoms with Crippen molar-refractivity contribution in [2.45, 2.75) is 6.54 Å². The molecule has 1 aliphatic rings. The molecule has 2 heterocycles. The van der Waals surface area contributed by atoms with Crippen LogP contribution in [0.4, 0.5) is 11.9 Å².